The highest BCUT2D eigenvalue weighted by atomic mass is 16.3. The minimum Gasteiger partial charge on any atom is -0.469 e. The van der Waals surface area contributed by atoms with Crippen LogP contribution in [-0.4, -0.2) is 18.3 Å². The van der Waals surface area contributed by atoms with Gasteiger partial charge in [-0.05, 0) is 30.9 Å². The fourth-order valence-corrected chi connectivity index (χ4v) is 2.01. The first-order valence-electron chi connectivity index (χ1n) is 4.58. The van der Waals surface area contributed by atoms with Gasteiger partial charge in [-0.1, -0.05) is 0 Å². The molecule has 2 rings (SSSR count). The molecule has 1 aliphatic rings. The van der Waals surface area contributed by atoms with E-state index in [-0.39, 0.29) is 12.0 Å². The Labute approximate surface area is 77.5 Å². The summed E-state index contributed by atoms with van der Waals surface area (Å²) in [6.07, 6.45) is 2.68. The van der Waals surface area contributed by atoms with Crippen LogP contribution < -0.4 is 5.73 Å². The summed E-state index contributed by atoms with van der Waals surface area (Å²) in [6, 6.07) is 1.98. The Morgan fingerprint density at radius 3 is 2.92 bits per heavy atom. The highest BCUT2D eigenvalue weighted by molar-refractivity contribution is 5.31. The van der Waals surface area contributed by atoms with Crippen LogP contribution >= 0.6 is 0 Å². The van der Waals surface area contributed by atoms with Gasteiger partial charge in [0.15, 0.2) is 0 Å². The summed E-state index contributed by atoms with van der Waals surface area (Å²) in [4.78, 5) is 0. The zero-order valence-electron chi connectivity index (χ0n) is 7.79. The van der Waals surface area contributed by atoms with Crippen molar-refractivity contribution < 1.29 is 9.52 Å². The van der Waals surface area contributed by atoms with Gasteiger partial charge in [0.1, 0.15) is 5.76 Å². The number of aliphatic hydroxyl groups excluding tert-OH is 1. The highest BCUT2D eigenvalue weighted by Gasteiger charge is 2.54. The van der Waals surface area contributed by atoms with E-state index in [0.29, 0.717) is 12.5 Å². The van der Waals surface area contributed by atoms with Crippen LogP contribution in [0, 0.1) is 12.3 Å². The Balaban J connectivity index is 2.19. The van der Waals surface area contributed by atoms with Crippen LogP contribution in [0.4, 0.5) is 0 Å². The van der Waals surface area contributed by atoms with Crippen molar-refractivity contribution in [3.63, 3.8) is 0 Å². The lowest BCUT2D eigenvalue weighted by molar-refractivity contribution is 0.211. The lowest BCUT2D eigenvalue weighted by Gasteiger charge is -2.09. The number of hydrogen-bond donors (Lipinski definition) is 2. The summed E-state index contributed by atoms with van der Waals surface area (Å²) >= 11 is 0. The molecule has 13 heavy (non-hydrogen) atoms. The first-order valence-corrected chi connectivity index (χ1v) is 4.58. The Morgan fingerprint density at radius 1 is 1.77 bits per heavy atom. The van der Waals surface area contributed by atoms with Crippen molar-refractivity contribution in [1.82, 2.24) is 0 Å². The summed E-state index contributed by atoms with van der Waals surface area (Å²) in [6.45, 7) is 2.68. The van der Waals surface area contributed by atoms with Gasteiger partial charge in [0.05, 0.1) is 12.9 Å². The van der Waals surface area contributed by atoms with Crippen LogP contribution in [0.2, 0.25) is 0 Å². The van der Waals surface area contributed by atoms with Crippen molar-refractivity contribution in [1.29, 1.82) is 0 Å². The van der Waals surface area contributed by atoms with Gasteiger partial charge in [0.2, 0.25) is 0 Å². The van der Waals surface area contributed by atoms with E-state index in [4.69, 9.17) is 10.2 Å². The highest BCUT2D eigenvalue weighted by Crippen LogP contribution is 2.58. The summed E-state index contributed by atoms with van der Waals surface area (Å²) in [5.41, 5.74) is 6.78. The molecule has 3 N–H and O–H groups in total. The molecule has 0 bridgehead atoms. The lowest BCUT2D eigenvalue weighted by atomic mass is 10.0. The quantitative estimate of drug-likeness (QED) is 0.731. The molecule has 1 aromatic rings. The Morgan fingerprint density at radius 2 is 2.54 bits per heavy atom. The van der Waals surface area contributed by atoms with E-state index in [2.05, 4.69) is 0 Å². The largest absolute Gasteiger partial charge is 0.469 e. The fraction of sp³-hybridized carbons (Fsp3) is 0.600. The van der Waals surface area contributed by atoms with Gasteiger partial charge in [-0.2, -0.15) is 0 Å². The van der Waals surface area contributed by atoms with Crippen molar-refractivity contribution in [2.24, 2.45) is 11.1 Å². The summed E-state index contributed by atoms with van der Waals surface area (Å²) in [5.74, 6) is 1.36. The van der Waals surface area contributed by atoms with Gasteiger partial charge < -0.3 is 15.3 Å². The minimum atomic E-state index is -0.0609. The van der Waals surface area contributed by atoms with Crippen molar-refractivity contribution in [3.8, 4) is 0 Å². The molecule has 1 saturated carbocycles. The van der Waals surface area contributed by atoms with E-state index in [9.17, 15) is 5.11 Å². The first-order chi connectivity index (χ1) is 6.23. The number of nitrogens with two attached hydrogens (primary N) is 1. The monoisotopic (exact) mass is 181 g/mol. The number of aliphatic hydroxyl groups is 1. The van der Waals surface area contributed by atoms with Crippen LogP contribution in [0.15, 0.2) is 16.7 Å². The van der Waals surface area contributed by atoms with E-state index < -0.39 is 0 Å². The van der Waals surface area contributed by atoms with Crippen molar-refractivity contribution in [2.45, 2.75) is 19.3 Å². The topological polar surface area (TPSA) is 59.4 Å². The molecule has 1 heterocycles. The molecule has 1 aromatic heterocycles. The summed E-state index contributed by atoms with van der Waals surface area (Å²) in [7, 11) is 0. The number of rotatable bonds is 3. The van der Waals surface area contributed by atoms with Crippen LogP contribution in [0.5, 0.6) is 0 Å². The molecular formula is C10H15NO2. The Kier molecular flexibility index (Phi) is 1.93. The van der Waals surface area contributed by atoms with Crippen molar-refractivity contribution in [2.75, 3.05) is 13.2 Å². The molecule has 0 spiro atoms. The lowest BCUT2D eigenvalue weighted by Crippen LogP contribution is -2.21. The maximum absolute atomic E-state index is 9.21. The van der Waals surface area contributed by atoms with Crippen LogP contribution in [0.25, 0.3) is 0 Å². The van der Waals surface area contributed by atoms with E-state index in [1.54, 1.807) is 6.26 Å². The van der Waals surface area contributed by atoms with Gasteiger partial charge in [-0.15, -0.1) is 0 Å². The smallest absolute Gasteiger partial charge is 0.104 e. The molecule has 0 radical (unpaired) electrons. The Bertz CT molecular complexity index is 302. The Hall–Kier alpha value is -0.800. The van der Waals surface area contributed by atoms with E-state index in [0.717, 1.165) is 12.2 Å². The number of aryl methyl sites for hydroxylation is 1. The predicted octanol–water partition coefficient (Wildman–Crippen LogP) is 1.01. The first kappa shape index (κ1) is 8.78. The summed E-state index contributed by atoms with van der Waals surface area (Å²) in [5, 5.41) is 9.21. The molecule has 72 valence electrons. The minimum absolute atomic E-state index is 0.0609. The van der Waals surface area contributed by atoms with Crippen molar-refractivity contribution >= 4 is 0 Å². The third-order valence-electron chi connectivity index (χ3n) is 3.19. The SMILES string of the molecule is Cc1occc1C1CC1(CN)CO. The predicted molar refractivity (Wildman–Crippen MR) is 49.4 cm³/mol. The van der Waals surface area contributed by atoms with Crippen LogP contribution in [0.3, 0.4) is 0 Å². The third kappa shape index (κ3) is 1.19. The molecule has 1 fully saturated rings. The number of hydrogen-bond acceptors (Lipinski definition) is 3. The van der Waals surface area contributed by atoms with Gasteiger partial charge in [-0.3, -0.25) is 0 Å². The average Bonchev–Trinajstić information content (AvgIpc) is 2.74. The number of furan rings is 1. The molecule has 2 atom stereocenters. The maximum Gasteiger partial charge on any atom is 0.104 e. The van der Waals surface area contributed by atoms with Crippen molar-refractivity contribution in [3.05, 3.63) is 23.7 Å². The second-order valence-electron chi connectivity index (χ2n) is 3.91. The van der Waals surface area contributed by atoms with Gasteiger partial charge in [0, 0.05) is 12.0 Å². The average molecular weight is 181 g/mol. The second-order valence-corrected chi connectivity index (χ2v) is 3.91. The van der Waals surface area contributed by atoms with E-state index >= 15 is 0 Å². The third-order valence-corrected chi connectivity index (χ3v) is 3.19. The van der Waals surface area contributed by atoms with E-state index in [1.807, 2.05) is 13.0 Å². The standard InChI is InChI=1S/C10H15NO2/c1-7-8(2-3-13-7)9-4-10(9,5-11)6-12/h2-3,9,12H,4-6,11H2,1H3. The molecule has 0 amide bonds. The second kappa shape index (κ2) is 2.86. The van der Waals surface area contributed by atoms with Gasteiger partial charge in [0.25, 0.3) is 0 Å². The molecule has 0 saturated heterocycles. The van der Waals surface area contributed by atoms with Gasteiger partial charge in [-0.25, -0.2) is 0 Å². The molecule has 3 nitrogen and oxygen atoms in total. The van der Waals surface area contributed by atoms with Crippen LogP contribution in [0.1, 0.15) is 23.7 Å². The molecule has 0 aromatic carbocycles. The van der Waals surface area contributed by atoms with E-state index in [1.165, 1.54) is 5.56 Å². The summed E-state index contributed by atoms with van der Waals surface area (Å²) < 4.78 is 5.23. The normalized spacial score (nSPS) is 32.1. The molecule has 3 heteroatoms. The van der Waals surface area contributed by atoms with Gasteiger partial charge >= 0.3 is 0 Å². The molecule has 1 aliphatic carbocycles. The fourth-order valence-electron chi connectivity index (χ4n) is 2.01. The van der Waals surface area contributed by atoms with Crippen LogP contribution in [-0.2, 0) is 0 Å². The zero-order chi connectivity index (χ0) is 9.47. The zero-order valence-corrected chi connectivity index (χ0v) is 7.79. The molecular weight excluding hydrogens is 166 g/mol. The molecule has 2 unspecified atom stereocenters. The molecule has 0 aliphatic heterocycles. The maximum atomic E-state index is 9.21.